The highest BCUT2D eigenvalue weighted by Gasteiger charge is 2.08. The first-order valence-electron chi connectivity index (χ1n) is 8.97. The summed E-state index contributed by atoms with van der Waals surface area (Å²) in [6.45, 7) is 1.08. The summed E-state index contributed by atoms with van der Waals surface area (Å²) in [6.07, 6.45) is 3.44. The number of pyridine rings is 1. The zero-order chi connectivity index (χ0) is 20.1. The molecule has 2 aromatic heterocycles. The normalized spacial score (nSPS) is 10.7. The van der Waals surface area contributed by atoms with E-state index in [-0.39, 0.29) is 0 Å². The molecule has 8 heteroatoms. The molecule has 2 N–H and O–H groups in total. The Hall–Kier alpha value is -3.16. The largest absolute Gasteiger partial charge is 0.489 e. The van der Waals surface area contributed by atoms with Crippen molar-refractivity contribution in [1.82, 2.24) is 19.9 Å². The van der Waals surface area contributed by atoms with Crippen LogP contribution in [0.5, 0.6) is 5.75 Å². The molecule has 0 saturated heterocycles. The molecule has 0 bridgehead atoms. The van der Waals surface area contributed by atoms with Crippen molar-refractivity contribution in [2.24, 2.45) is 0 Å². The lowest BCUT2D eigenvalue weighted by Crippen LogP contribution is -2.15. The van der Waals surface area contributed by atoms with Crippen LogP contribution in [0.1, 0.15) is 11.1 Å². The van der Waals surface area contributed by atoms with Crippen LogP contribution in [0.3, 0.4) is 0 Å². The van der Waals surface area contributed by atoms with E-state index in [4.69, 9.17) is 28.6 Å². The molecule has 2 aromatic carbocycles. The topological polar surface area (TPSA) is 67.8 Å². The number of aromatic amines is 1. The Balaban J connectivity index is 1.38. The molecular weight excluding hydrogens is 406 g/mol. The maximum atomic E-state index is 5.90. The minimum atomic E-state index is 0.494. The van der Waals surface area contributed by atoms with Gasteiger partial charge in [-0.15, -0.1) is 0 Å². The third kappa shape index (κ3) is 4.82. The van der Waals surface area contributed by atoms with E-state index in [1.807, 2.05) is 60.7 Å². The fourth-order valence-corrected chi connectivity index (χ4v) is 3.08. The van der Waals surface area contributed by atoms with Crippen LogP contribution < -0.4 is 10.2 Å². The Kier molecular flexibility index (Phi) is 5.88. The van der Waals surface area contributed by atoms with E-state index in [0.29, 0.717) is 23.7 Å². The van der Waals surface area contributed by atoms with E-state index in [1.165, 1.54) is 0 Å². The fourth-order valence-electron chi connectivity index (χ4n) is 2.76. The highest BCUT2D eigenvalue weighted by Crippen LogP contribution is 2.17. The van der Waals surface area contributed by atoms with Gasteiger partial charge in [0.25, 0.3) is 0 Å². The van der Waals surface area contributed by atoms with Gasteiger partial charge in [-0.05, 0) is 59.7 Å². The average molecular weight is 424 g/mol. The maximum Gasteiger partial charge on any atom is 0.214 e. The average Bonchev–Trinajstić information content (AvgIpc) is 3.13. The zero-order valence-corrected chi connectivity index (χ0v) is 17.0. The number of halogens is 1. The van der Waals surface area contributed by atoms with E-state index in [1.54, 1.807) is 17.1 Å². The summed E-state index contributed by atoms with van der Waals surface area (Å²) in [6, 6.07) is 19.3. The molecule has 0 amide bonds. The van der Waals surface area contributed by atoms with Crippen LogP contribution in [-0.4, -0.2) is 19.9 Å². The molecule has 2 heterocycles. The van der Waals surface area contributed by atoms with Crippen LogP contribution in [0, 0.1) is 4.77 Å². The Morgan fingerprint density at radius 2 is 1.66 bits per heavy atom. The number of benzene rings is 2. The summed E-state index contributed by atoms with van der Waals surface area (Å²) in [5.74, 6) is 1.52. The second kappa shape index (κ2) is 8.89. The molecule has 0 aliphatic carbocycles. The Morgan fingerprint density at radius 3 is 2.38 bits per heavy atom. The molecule has 4 rings (SSSR count). The summed E-state index contributed by atoms with van der Waals surface area (Å²) in [7, 11) is 0. The van der Waals surface area contributed by atoms with Crippen molar-refractivity contribution in [3.63, 3.8) is 0 Å². The molecule has 0 radical (unpaired) electrons. The van der Waals surface area contributed by atoms with Gasteiger partial charge in [0.15, 0.2) is 5.82 Å². The number of aromatic nitrogens is 4. The highest BCUT2D eigenvalue weighted by atomic mass is 35.5. The van der Waals surface area contributed by atoms with Crippen molar-refractivity contribution < 1.29 is 4.74 Å². The molecule has 0 unspecified atom stereocenters. The SMILES string of the molecule is S=c1[nH]nc(-c2ccncc2)n1NCc1ccc(OCc2ccc(Cl)cc2)cc1. The fraction of sp³-hybridized carbons (Fsp3) is 0.0952. The lowest BCUT2D eigenvalue weighted by atomic mass is 10.2. The molecule has 0 fully saturated rings. The predicted molar refractivity (Wildman–Crippen MR) is 116 cm³/mol. The molecular formula is C21H18ClN5OS. The van der Waals surface area contributed by atoms with Crippen LogP contribution in [0.15, 0.2) is 73.1 Å². The third-order valence-electron chi connectivity index (χ3n) is 4.29. The summed E-state index contributed by atoms with van der Waals surface area (Å²) < 4.78 is 8.09. The molecule has 0 spiro atoms. The molecule has 4 aromatic rings. The first kappa shape index (κ1) is 19.2. The lowest BCUT2D eigenvalue weighted by molar-refractivity contribution is 0.306. The molecule has 6 nitrogen and oxygen atoms in total. The van der Waals surface area contributed by atoms with E-state index < -0.39 is 0 Å². The summed E-state index contributed by atoms with van der Waals surface area (Å²) in [4.78, 5) is 4.04. The molecule has 0 saturated carbocycles. The molecule has 0 atom stereocenters. The van der Waals surface area contributed by atoms with Crippen LogP contribution >= 0.6 is 23.8 Å². The number of hydrogen-bond acceptors (Lipinski definition) is 5. The van der Waals surface area contributed by atoms with Gasteiger partial charge in [0.2, 0.25) is 4.77 Å². The van der Waals surface area contributed by atoms with Crippen molar-refractivity contribution in [3.8, 4) is 17.1 Å². The van der Waals surface area contributed by atoms with Gasteiger partial charge < -0.3 is 10.2 Å². The van der Waals surface area contributed by atoms with Crippen molar-refractivity contribution >= 4 is 23.8 Å². The smallest absolute Gasteiger partial charge is 0.214 e. The number of nitrogens with zero attached hydrogens (tertiary/aromatic N) is 3. The van der Waals surface area contributed by atoms with Crippen molar-refractivity contribution in [2.75, 3.05) is 5.43 Å². The molecule has 146 valence electrons. The Labute approximate surface area is 178 Å². The minimum Gasteiger partial charge on any atom is -0.489 e. The first-order valence-corrected chi connectivity index (χ1v) is 9.75. The Bertz CT molecular complexity index is 1120. The van der Waals surface area contributed by atoms with Gasteiger partial charge in [0.05, 0.1) is 6.54 Å². The van der Waals surface area contributed by atoms with Crippen LogP contribution in [0.25, 0.3) is 11.4 Å². The molecule has 0 aliphatic heterocycles. The van der Waals surface area contributed by atoms with Crippen molar-refractivity contribution in [2.45, 2.75) is 13.2 Å². The second-order valence-corrected chi connectivity index (χ2v) is 7.14. The monoisotopic (exact) mass is 423 g/mol. The standard InChI is InChI=1S/C21H18ClN5OS/c22-18-5-1-16(2-6-18)14-28-19-7-3-15(4-8-19)13-24-27-20(25-26-21(27)29)17-9-11-23-12-10-17/h1-12,24H,13-14H2,(H,26,29). The van der Waals surface area contributed by atoms with Crippen molar-refractivity contribution in [3.05, 3.63) is 94.0 Å². The number of rotatable bonds is 7. The lowest BCUT2D eigenvalue weighted by Gasteiger charge is -2.11. The first-order chi connectivity index (χ1) is 14.2. The van der Waals surface area contributed by atoms with Gasteiger partial charge >= 0.3 is 0 Å². The maximum absolute atomic E-state index is 5.90. The van der Waals surface area contributed by atoms with Crippen molar-refractivity contribution in [1.29, 1.82) is 0 Å². The third-order valence-corrected chi connectivity index (χ3v) is 4.82. The van der Waals surface area contributed by atoms with Crippen LogP contribution in [0.4, 0.5) is 0 Å². The van der Waals surface area contributed by atoms with Gasteiger partial charge in [0.1, 0.15) is 12.4 Å². The molecule has 29 heavy (non-hydrogen) atoms. The second-order valence-electron chi connectivity index (χ2n) is 6.32. The van der Waals surface area contributed by atoms with E-state index >= 15 is 0 Å². The number of ether oxygens (including phenoxy) is 1. The van der Waals surface area contributed by atoms with Gasteiger partial charge in [-0.3, -0.25) is 4.98 Å². The van der Waals surface area contributed by atoms with Gasteiger partial charge in [-0.2, -0.15) is 5.10 Å². The Morgan fingerprint density at radius 1 is 0.966 bits per heavy atom. The molecule has 0 aliphatic rings. The highest BCUT2D eigenvalue weighted by molar-refractivity contribution is 7.71. The quantitative estimate of drug-likeness (QED) is 0.410. The number of H-pyrrole nitrogens is 1. The van der Waals surface area contributed by atoms with Gasteiger partial charge in [-0.1, -0.05) is 35.9 Å². The summed E-state index contributed by atoms with van der Waals surface area (Å²) in [5.41, 5.74) is 6.38. The van der Waals surface area contributed by atoms with Crippen LogP contribution in [0.2, 0.25) is 5.02 Å². The van der Waals surface area contributed by atoms with E-state index in [9.17, 15) is 0 Å². The van der Waals surface area contributed by atoms with Crippen LogP contribution in [-0.2, 0) is 13.2 Å². The summed E-state index contributed by atoms with van der Waals surface area (Å²) >= 11 is 11.2. The van der Waals surface area contributed by atoms with E-state index in [2.05, 4.69) is 20.6 Å². The van der Waals surface area contributed by atoms with Gasteiger partial charge in [-0.25, -0.2) is 9.77 Å². The van der Waals surface area contributed by atoms with E-state index in [0.717, 1.165) is 27.5 Å². The summed E-state index contributed by atoms with van der Waals surface area (Å²) in [5, 5.41) is 7.84. The van der Waals surface area contributed by atoms with Gasteiger partial charge in [0, 0.05) is 23.0 Å². The number of nitrogens with one attached hydrogen (secondary N) is 2. The predicted octanol–water partition coefficient (Wildman–Crippen LogP) is 4.98. The minimum absolute atomic E-state index is 0.494. The zero-order valence-electron chi connectivity index (χ0n) is 15.4. The number of hydrogen-bond donors (Lipinski definition) is 2.